The third-order valence-electron chi connectivity index (χ3n) is 2.70. The summed E-state index contributed by atoms with van der Waals surface area (Å²) in [7, 11) is 0. The summed E-state index contributed by atoms with van der Waals surface area (Å²) in [6, 6.07) is 7.94. The first-order valence-electron chi connectivity index (χ1n) is 6.53. The molecule has 1 heterocycles. The van der Waals surface area contributed by atoms with Gasteiger partial charge in [-0.3, -0.25) is 5.43 Å². The van der Waals surface area contributed by atoms with E-state index in [2.05, 4.69) is 19.3 Å². The lowest BCUT2D eigenvalue weighted by molar-refractivity contribution is 0.0474. The van der Waals surface area contributed by atoms with Gasteiger partial charge in [-0.05, 0) is 23.6 Å². The Bertz CT molecular complexity index is 434. The Balaban J connectivity index is 1.92. The van der Waals surface area contributed by atoms with Gasteiger partial charge in [-0.1, -0.05) is 26.0 Å². The molecule has 0 atom stereocenters. The van der Waals surface area contributed by atoms with Crippen molar-refractivity contribution < 1.29 is 14.3 Å². The number of ether oxygens (including phenoxy) is 2. The Morgan fingerprint density at radius 2 is 2.32 bits per heavy atom. The Morgan fingerprint density at radius 1 is 1.47 bits per heavy atom. The molecule has 19 heavy (non-hydrogen) atoms. The van der Waals surface area contributed by atoms with Crippen LogP contribution in [0.3, 0.4) is 0 Å². The van der Waals surface area contributed by atoms with Crippen molar-refractivity contribution in [2.45, 2.75) is 20.4 Å². The molecule has 104 valence electrons. The molecule has 0 aromatic heterocycles. The lowest BCUT2D eigenvalue weighted by Crippen LogP contribution is -2.48. The molecule has 5 heteroatoms. The first-order chi connectivity index (χ1) is 9.13. The highest BCUT2D eigenvalue weighted by atomic mass is 16.6. The van der Waals surface area contributed by atoms with Gasteiger partial charge in [0.2, 0.25) is 0 Å². The minimum atomic E-state index is -0.390. The number of rotatable bonds is 5. The molecule has 0 bridgehead atoms. The molecule has 0 spiro atoms. The quantitative estimate of drug-likeness (QED) is 0.885. The highest BCUT2D eigenvalue weighted by Crippen LogP contribution is 2.15. The highest BCUT2D eigenvalue weighted by molar-refractivity contribution is 5.67. The van der Waals surface area contributed by atoms with Crippen molar-refractivity contribution in [1.29, 1.82) is 0 Å². The van der Waals surface area contributed by atoms with Crippen LogP contribution in [0.25, 0.3) is 0 Å². The van der Waals surface area contributed by atoms with E-state index in [9.17, 15) is 4.79 Å². The molecule has 1 saturated heterocycles. The van der Waals surface area contributed by atoms with Crippen molar-refractivity contribution in [3.05, 3.63) is 29.8 Å². The Morgan fingerprint density at radius 3 is 3.05 bits per heavy atom. The van der Waals surface area contributed by atoms with E-state index < -0.39 is 6.09 Å². The van der Waals surface area contributed by atoms with Gasteiger partial charge in [-0.2, -0.15) is 0 Å². The zero-order chi connectivity index (χ0) is 13.7. The monoisotopic (exact) mass is 264 g/mol. The summed E-state index contributed by atoms with van der Waals surface area (Å²) in [5, 5.41) is 1.84. The van der Waals surface area contributed by atoms with Crippen molar-refractivity contribution in [3.63, 3.8) is 0 Å². The van der Waals surface area contributed by atoms with E-state index in [0.29, 0.717) is 32.2 Å². The lowest BCUT2D eigenvalue weighted by atomic mass is 10.2. The minimum absolute atomic E-state index is 0.390. The number of amides is 1. The van der Waals surface area contributed by atoms with E-state index in [1.807, 2.05) is 29.3 Å². The van der Waals surface area contributed by atoms with E-state index in [-0.39, 0.29) is 0 Å². The number of cyclic esters (lactones) is 1. The Labute approximate surface area is 113 Å². The van der Waals surface area contributed by atoms with Gasteiger partial charge in [0, 0.05) is 6.54 Å². The summed E-state index contributed by atoms with van der Waals surface area (Å²) in [4.78, 5) is 11.1. The maximum atomic E-state index is 11.1. The molecule has 1 aliphatic rings. The largest absolute Gasteiger partial charge is 0.493 e. The molecule has 1 amide bonds. The molecule has 1 fully saturated rings. The second-order valence-corrected chi connectivity index (χ2v) is 5.02. The molecule has 0 unspecified atom stereocenters. The van der Waals surface area contributed by atoms with Crippen molar-refractivity contribution in [3.8, 4) is 5.75 Å². The smallest absolute Gasteiger partial charge is 0.421 e. The fraction of sp³-hybridized carbons (Fsp3) is 0.500. The van der Waals surface area contributed by atoms with Gasteiger partial charge < -0.3 is 9.47 Å². The molecule has 2 rings (SSSR count). The van der Waals surface area contributed by atoms with E-state index in [4.69, 9.17) is 9.47 Å². The zero-order valence-corrected chi connectivity index (χ0v) is 11.4. The molecule has 0 aliphatic carbocycles. The predicted molar refractivity (Wildman–Crippen MR) is 71.7 cm³/mol. The van der Waals surface area contributed by atoms with Crippen LogP contribution in [0.2, 0.25) is 0 Å². The predicted octanol–water partition coefficient (Wildman–Crippen LogP) is 2.18. The van der Waals surface area contributed by atoms with Crippen molar-refractivity contribution in [2.24, 2.45) is 5.92 Å². The van der Waals surface area contributed by atoms with Crippen LogP contribution in [0.15, 0.2) is 24.3 Å². The zero-order valence-electron chi connectivity index (χ0n) is 11.4. The van der Waals surface area contributed by atoms with Gasteiger partial charge in [0.15, 0.2) is 0 Å². The summed E-state index contributed by atoms with van der Waals surface area (Å²) in [5.74, 6) is 1.37. The van der Waals surface area contributed by atoms with Gasteiger partial charge >= 0.3 is 6.09 Å². The van der Waals surface area contributed by atoms with Crippen LogP contribution in [-0.4, -0.2) is 30.9 Å². The highest BCUT2D eigenvalue weighted by Gasteiger charge is 2.16. The lowest BCUT2D eigenvalue weighted by Gasteiger charge is -2.27. The van der Waals surface area contributed by atoms with Crippen LogP contribution in [0, 0.1) is 5.92 Å². The second kappa shape index (κ2) is 6.43. The standard InChI is InChI=1S/C14H20N2O3/c1-11(2)10-19-13-5-3-4-12(8-13)9-16-6-7-18-14(17)15-16/h3-5,8,11H,6-7,9-10H2,1-2H3,(H,15,17). The average molecular weight is 264 g/mol. The van der Waals surface area contributed by atoms with Gasteiger partial charge in [0.1, 0.15) is 12.4 Å². The fourth-order valence-electron chi connectivity index (χ4n) is 1.80. The van der Waals surface area contributed by atoms with E-state index >= 15 is 0 Å². The number of hydrazine groups is 1. The number of nitrogens with one attached hydrogen (secondary N) is 1. The number of carbonyl (C=O) groups is 1. The van der Waals surface area contributed by atoms with Gasteiger partial charge in [0.25, 0.3) is 0 Å². The Hall–Kier alpha value is -1.75. The molecule has 1 aromatic carbocycles. The van der Waals surface area contributed by atoms with Gasteiger partial charge in [-0.25, -0.2) is 9.80 Å². The summed E-state index contributed by atoms with van der Waals surface area (Å²) >= 11 is 0. The SMILES string of the molecule is CC(C)COc1cccc(CN2CCOC(=O)N2)c1. The second-order valence-electron chi connectivity index (χ2n) is 5.02. The number of hydrogen-bond donors (Lipinski definition) is 1. The third kappa shape index (κ3) is 4.44. The normalized spacial score (nSPS) is 16.1. The number of hydrogen-bond acceptors (Lipinski definition) is 4. The van der Waals surface area contributed by atoms with Gasteiger partial charge in [0.05, 0.1) is 13.2 Å². The van der Waals surface area contributed by atoms with E-state index in [0.717, 1.165) is 11.3 Å². The van der Waals surface area contributed by atoms with Crippen molar-refractivity contribution in [2.75, 3.05) is 19.8 Å². The number of benzene rings is 1. The average Bonchev–Trinajstić information content (AvgIpc) is 2.37. The fourth-order valence-corrected chi connectivity index (χ4v) is 1.80. The summed E-state index contributed by atoms with van der Waals surface area (Å²) in [6.45, 7) is 6.70. The molecular weight excluding hydrogens is 244 g/mol. The van der Waals surface area contributed by atoms with Crippen LogP contribution in [0.1, 0.15) is 19.4 Å². The van der Waals surface area contributed by atoms with Crippen molar-refractivity contribution in [1.82, 2.24) is 10.4 Å². The van der Waals surface area contributed by atoms with Crippen LogP contribution in [-0.2, 0) is 11.3 Å². The molecule has 1 aliphatic heterocycles. The molecular formula is C14H20N2O3. The third-order valence-corrected chi connectivity index (χ3v) is 2.70. The number of nitrogens with zero attached hydrogens (tertiary/aromatic N) is 1. The maximum Gasteiger partial charge on any atom is 0.421 e. The van der Waals surface area contributed by atoms with Crippen LogP contribution >= 0.6 is 0 Å². The molecule has 1 aromatic rings. The molecule has 5 nitrogen and oxygen atoms in total. The van der Waals surface area contributed by atoms with Crippen molar-refractivity contribution >= 4 is 6.09 Å². The first kappa shape index (κ1) is 13.7. The molecule has 1 N–H and O–H groups in total. The topological polar surface area (TPSA) is 50.8 Å². The maximum absolute atomic E-state index is 11.1. The van der Waals surface area contributed by atoms with Crippen LogP contribution in [0.4, 0.5) is 4.79 Å². The summed E-state index contributed by atoms with van der Waals surface area (Å²) < 4.78 is 10.5. The van der Waals surface area contributed by atoms with E-state index in [1.54, 1.807) is 0 Å². The van der Waals surface area contributed by atoms with Crippen LogP contribution < -0.4 is 10.2 Å². The number of carbonyl (C=O) groups excluding carboxylic acids is 1. The Kier molecular flexibility index (Phi) is 4.63. The summed E-state index contributed by atoms with van der Waals surface area (Å²) in [5.41, 5.74) is 3.77. The van der Waals surface area contributed by atoms with Crippen LogP contribution in [0.5, 0.6) is 5.75 Å². The first-order valence-corrected chi connectivity index (χ1v) is 6.53. The summed E-state index contributed by atoms with van der Waals surface area (Å²) in [6.07, 6.45) is -0.390. The van der Waals surface area contributed by atoms with E-state index in [1.165, 1.54) is 0 Å². The van der Waals surface area contributed by atoms with Gasteiger partial charge in [-0.15, -0.1) is 0 Å². The molecule has 0 radical (unpaired) electrons. The minimum Gasteiger partial charge on any atom is -0.493 e. The molecule has 0 saturated carbocycles.